The molecule has 20 heavy (non-hydrogen) atoms. The SMILES string of the molecule is CNC(c1ncc(C)cn1)c1cc2cc(F)ccc2o1. The van der Waals surface area contributed by atoms with Gasteiger partial charge in [-0.25, -0.2) is 14.4 Å². The van der Waals surface area contributed by atoms with Gasteiger partial charge in [0, 0.05) is 17.8 Å². The van der Waals surface area contributed by atoms with E-state index < -0.39 is 0 Å². The molecule has 0 saturated carbocycles. The molecule has 0 spiro atoms. The lowest BCUT2D eigenvalue weighted by atomic mass is 10.2. The molecule has 0 aliphatic carbocycles. The summed E-state index contributed by atoms with van der Waals surface area (Å²) in [6.07, 6.45) is 3.52. The Bertz CT molecular complexity index is 736. The number of nitrogens with zero attached hydrogens (tertiary/aromatic N) is 2. The van der Waals surface area contributed by atoms with Crippen LogP contribution in [-0.2, 0) is 0 Å². The van der Waals surface area contributed by atoms with E-state index in [1.165, 1.54) is 12.1 Å². The van der Waals surface area contributed by atoms with Crippen LogP contribution in [0.2, 0.25) is 0 Å². The van der Waals surface area contributed by atoms with Crippen LogP contribution in [0.4, 0.5) is 4.39 Å². The predicted molar refractivity (Wildman–Crippen MR) is 73.8 cm³/mol. The first-order valence-corrected chi connectivity index (χ1v) is 6.32. The molecule has 102 valence electrons. The Kier molecular flexibility index (Phi) is 3.20. The molecular weight excluding hydrogens is 257 g/mol. The molecule has 2 heterocycles. The molecule has 1 atom stereocenters. The molecule has 0 fully saturated rings. The van der Waals surface area contributed by atoms with Crippen LogP contribution in [0.25, 0.3) is 11.0 Å². The minimum Gasteiger partial charge on any atom is -0.459 e. The second-order valence-electron chi connectivity index (χ2n) is 4.67. The number of aryl methyl sites for hydroxylation is 1. The molecule has 0 bridgehead atoms. The van der Waals surface area contributed by atoms with E-state index in [0.717, 1.165) is 10.9 Å². The van der Waals surface area contributed by atoms with Crippen molar-refractivity contribution < 1.29 is 8.81 Å². The van der Waals surface area contributed by atoms with Crippen LogP contribution in [0.15, 0.2) is 41.1 Å². The van der Waals surface area contributed by atoms with Crippen molar-refractivity contribution in [3.05, 3.63) is 59.6 Å². The molecule has 0 saturated heterocycles. The van der Waals surface area contributed by atoms with Gasteiger partial charge in [0.2, 0.25) is 0 Å². The predicted octanol–water partition coefficient (Wildman–Crippen LogP) is 2.98. The zero-order valence-electron chi connectivity index (χ0n) is 11.2. The average molecular weight is 271 g/mol. The summed E-state index contributed by atoms with van der Waals surface area (Å²) >= 11 is 0. The van der Waals surface area contributed by atoms with Gasteiger partial charge in [-0.1, -0.05) is 0 Å². The number of furan rings is 1. The van der Waals surface area contributed by atoms with Crippen molar-refractivity contribution in [3.8, 4) is 0 Å². The fourth-order valence-corrected chi connectivity index (χ4v) is 2.13. The molecule has 0 radical (unpaired) electrons. The molecule has 4 nitrogen and oxygen atoms in total. The summed E-state index contributed by atoms with van der Waals surface area (Å²) in [4.78, 5) is 8.61. The Balaban J connectivity index is 2.04. The standard InChI is InChI=1S/C15H14FN3O/c1-9-7-18-15(19-8-9)14(17-2)13-6-10-5-11(16)3-4-12(10)20-13/h3-8,14,17H,1-2H3. The molecule has 0 amide bonds. The van der Waals surface area contributed by atoms with Crippen LogP contribution >= 0.6 is 0 Å². The van der Waals surface area contributed by atoms with Gasteiger partial charge in [-0.3, -0.25) is 0 Å². The summed E-state index contributed by atoms with van der Waals surface area (Å²) in [6, 6.07) is 6.00. The van der Waals surface area contributed by atoms with Gasteiger partial charge in [0.05, 0.1) is 0 Å². The van der Waals surface area contributed by atoms with Gasteiger partial charge in [0.1, 0.15) is 23.2 Å². The highest BCUT2D eigenvalue weighted by Gasteiger charge is 2.19. The minimum atomic E-state index is -0.280. The molecule has 3 rings (SSSR count). The Morgan fingerprint density at radius 3 is 2.65 bits per heavy atom. The second kappa shape index (κ2) is 5.02. The van der Waals surface area contributed by atoms with Crippen LogP contribution in [-0.4, -0.2) is 17.0 Å². The zero-order valence-corrected chi connectivity index (χ0v) is 11.2. The van der Waals surface area contributed by atoms with E-state index in [0.29, 0.717) is 17.2 Å². The Labute approximate surface area is 115 Å². The van der Waals surface area contributed by atoms with E-state index in [9.17, 15) is 4.39 Å². The van der Waals surface area contributed by atoms with E-state index in [4.69, 9.17) is 4.42 Å². The monoisotopic (exact) mass is 271 g/mol. The molecule has 0 aliphatic rings. The third-order valence-corrected chi connectivity index (χ3v) is 3.13. The van der Waals surface area contributed by atoms with Crippen molar-refractivity contribution in [3.63, 3.8) is 0 Å². The first kappa shape index (κ1) is 12.7. The first-order valence-electron chi connectivity index (χ1n) is 6.32. The molecule has 1 N–H and O–H groups in total. The van der Waals surface area contributed by atoms with Crippen molar-refractivity contribution in [1.29, 1.82) is 0 Å². The Morgan fingerprint density at radius 2 is 1.95 bits per heavy atom. The number of hydrogen-bond donors (Lipinski definition) is 1. The van der Waals surface area contributed by atoms with Gasteiger partial charge in [-0.2, -0.15) is 0 Å². The minimum absolute atomic E-state index is 0.258. The van der Waals surface area contributed by atoms with E-state index in [2.05, 4.69) is 15.3 Å². The van der Waals surface area contributed by atoms with Crippen molar-refractivity contribution >= 4 is 11.0 Å². The largest absolute Gasteiger partial charge is 0.459 e. The molecule has 5 heteroatoms. The highest BCUT2D eigenvalue weighted by Crippen LogP contribution is 2.27. The molecule has 1 aromatic carbocycles. The van der Waals surface area contributed by atoms with Crippen molar-refractivity contribution in [2.45, 2.75) is 13.0 Å². The summed E-state index contributed by atoms with van der Waals surface area (Å²) in [5.74, 6) is 1.01. The zero-order chi connectivity index (χ0) is 14.1. The topological polar surface area (TPSA) is 51.0 Å². The fraction of sp³-hybridized carbons (Fsp3) is 0.200. The van der Waals surface area contributed by atoms with Gasteiger partial charge < -0.3 is 9.73 Å². The van der Waals surface area contributed by atoms with Gasteiger partial charge >= 0.3 is 0 Å². The summed E-state index contributed by atoms with van der Waals surface area (Å²) < 4.78 is 19.0. The average Bonchev–Trinajstić information content (AvgIpc) is 2.84. The van der Waals surface area contributed by atoms with Crippen molar-refractivity contribution in [1.82, 2.24) is 15.3 Å². The first-order chi connectivity index (χ1) is 9.67. The molecular formula is C15H14FN3O. The van der Waals surface area contributed by atoms with Crippen LogP contribution < -0.4 is 5.32 Å². The van der Waals surface area contributed by atoms with E-state index in [1.807, 2.05) is 20.0 Å². The maximum atomic E-state index is 13.2. The third kappa shape index (κ3) is 2.28. The van der Waals surface area contributed by atoms with Crippen molar-refractivity contribution in [2.24, 2.45) is 0 Å². The van der Waals surface area contributed by atoms with Gasteiger partial charge in [0.25, 0.3) is 0 Å². The normalized spacial score (nSPS) is 12.8. The number of hydrogen-bond acceptors (Lipinski definition) is 4. The van der Waals surface area contributed by atoms with E-state index >= 15 is 0 Å². The third-order valence-electron chi connectivity index (χ3n) is 3.13. The number of halogens is 1. The fourth-order valence-electron chi connectivity index (χ4n) is 2.13. The number of fused-ring (bicyclic) bond motifs is 1. The quantitative estimate of drug-likeness (QED) is 0.795. The van der Waals surface area contributed by atoms with Gasteiger partial charge in [-0.15, -0.1) is 0 Å². The summed E-state index contributed by atoms with van der Waals surface area (Å²) in [5, 5.41) is 3.85. The summed E-state index contributed by atoms with van der Waals surface area (Å²) in [6.45, 7) is 1.93. The molecule has 3 aromatic rings. The molecule has 0 aliphatic heterocycles. The van der Waals surface area contributed by atoms with Gasteiger partial charge in [-0.05, 0) is 43.8 Å². The molecule has 2 aromatic heterocycles. The van der Waals surface area contributed by atoms with E-state index in [-0.39, 0.29) is 11.9 Å². The van der Waals surface area contributed by atoms with Crippen LogP contribution in [0.1, 0.15) is 23.2 Å². The Morgan fingerprint density at radius 1 is 1.20 bits per heavy atom. The van der Waals surface area contributed by atoms with E-state index in [1.54, 1.807) is 18.5 Å². The highest BCUT2D eigenvalue weighted by atomic mass is 19.1. The van der Waals surface area contributed by atoms with Gasteiger partial charge in [0.15, 0.2) is 5.82 Å². The van der Waals surface area contributed by atoms with Crippen LogP contribution in [0.3, 0.4) is 0 Å². The van der Waals surface area contributed by atoms with Crippen LogP contribution in [0, 0.1) is 12.7 Å². The number of nitrogens with one attached hydrogen (secondary N) is 1. The smallest absolute Gasteiger partial charge is 0.152 e. The van der Waals surface area contributed by atoms with Crippen LogP contribution in [0.5, 0.6) is 0 Å². The summed E-state index contributed by atoms with van der Waals surface area (Å²) in [5.41, 5.74) is 1.64. The Hall–Kier alpha value is -2.27. The highest BCUT2D eigenvalue weighted by molar-refractivity contribution is 5.78. The maximum Gasteiger partial charge on any atom is 0.152 e. The number of aromatic nitrogens is 2. The lowest BCUT2D eigenvalue weighted by Gasteiger charge is -2.11. The number of rotatable bonds is 3. The number of benzene rings is 1. The van der Waals surface area contributed by atoms with Crippen molar-refractivity contribution in [2.75, 3.05) is 7.05 Å². The lowest BCUT2D eigenvalue weighted by molar-refractivity contribution is 0.478. The maximum absolute atomic E-state index is 13.2. The second-order valence-corrected chi connectivity index (χ2v) is 4.67. The molecule has 1 unspecified atom stereocenters. The summed E-state index contributed by atoms with van der Waals surface area (Å²) in [7, 11) is 1.81. The lowest BCUT2D eigenvalue weighted by Crippen LogP contribution is -2.19.